The number of rotatable bonds is 11. The molecule has 0 aromatic heterocycles. The molecule has 0 bridgehead atoms. The minimum Gasteiger partial charge on any atom is -0.508 e. The van der Waals surface area contributed by atoms with Crippen molar-refractivity contribution in [2.75, 3.05) is 0 Å². The van der Waals surface area contributed by atoms with Gasteiger partial charge in [0.25, 0.3) is 0 Å². The molecule has 0 heterocycles. The molecule has 0 aliphatic rings. The zero-order valence-corrected chi connectivity index (χ0v) is 18.8. The van der Waals surface area contributed by atoms with E-state index in [0.29, 0.717) is 22.3 Å². The Balaban J connectivity index is 2.48. The van der Waals surface area contributed by atoms with Crippen LogP contribution in [0.2, 0.25) is 0 Å². The summed E-state index contributed by atoms with van der Waals surface area (Å²) in [6, 6.07) is 3.29. The van der Waals surface area contributed by atoms with E-state index in [4.69, 9.17) is 0 Å². The fourth-order valence-corrected chi connectivity index (χ4v) is 3.67. The van der Waals surface area contributed by atoms with Crippen LogP contribution in [0, 0.1) is 10.8 Å². The quantitative estimate of drug-likeness (QED) is 0.306. The Labute approximate surface area is 168 Å². The highest BCUT2D eigenvalue weighted by Crippen LogP contribution is 2.32. The van der Waals surface area contributed by atoms with E-state index >= 15 is 0 Å². The number of hydrogen-bond acceptors (Lipinski definition) is 2. The van der Waals surface area contributed by atoms with E-state index in [0.717, 1.165) is 36.8 Å². The Morgan fingerprint density at radius 1 is 0.556 bits per heavy atom. The lowest BCUT2D eigenvalue weighted by molar-refractivity contribution is 0.357. The molecule has 156 valence electrons. The molecule has 0 atom stereocenters. The maximum Gasteiger partial charge on any atom is 0.119 e. The Hall–Kier alpha value is -1.18. The van der Waals surface area contributed by atoms with Crippen LogP contribution in [0.4, 0.5) is 0 Å². The molecular weight excluding hydrogens is 332 g/mol. The zero-order valence-electron chi connectivity index (χ0n) is 18.8. The average molecular weight is 377 g/mol. The van der Waals surface area contributed by atoms with Crippen LogP contribution < -0.4 is 0 Å². The highest BCUT2D eigenvalue weighted by atomic mass is 16.3. The molecule has 0 unspecified atom stereocenters. The third kappa shape index (κ3) is 10.7. The first kappa shape index (κ1) is 23.9. The topological polar surface area (TPSA) is 40.5 Å². The molecule has 0 amide bonds. The third-order valence-electron chi connectivity index (χ3n) is 5.34. The first-order valence-electron chi connectivity index (χ1n) is 11.0. The second-order valence-corrected chi connectivity index (χ2v) is 10.7. The van der Waals surface area contributed by atoms with E-state index in [1.54, 1.807) is 12.1 Å². The Morgan fingerprint density at radius 3 is 1.26 bits per heavy atom. The van der Waals surface area contributed by atoms with Crippen molar-refractivity contribution < 1.29 is 10.2 Å². The first-order chi connectivity index (χ1) is 12.5. The van der Waals surface area contributed by atoms with Crippen LogP contribution in [-0.2, 0) is 12.8 Å². The van der Waals surface area contributed by atoms with Crippen LogP contribution in [-0.4, -0.2) is 10.2 Å². The summed E-state index contributed by atoms with van der Waals surface area (Å²) in [6.07, 6.45) is 12.5. The van der Waals surface area contributed by atoms with Gasteiger partial charge in [-0.1, -0.05) is 73.6 Å². The number of phenolic OH excluding ortho intramolecular Hbond substituents is 2. The Kier molecular flexibility index (Phi) is 9.70. The maximum absolute atomic E-state index is 10.3. The van der Waals surface area contributed by atoms with Gasteiger partial charge in [-0.2, -0.15) is 0 Å². The molecule has 27 heavy (non-hydrogen) atoms. The normalized spacial score (nSPS) is 12.5. The third-order valence-corrected chi connectivity index (χ3v) is 5.34. The molecule has 0 aliphatic carbocycles. The predicted octanol–water partition coefficient (Wildman–Crippen LogP) is 7.79. The fourth-order valence-electron chi connectivity index (χ4n) is 3.67. The summed E-state index contributed by atoms with van der Waals surface area (Å²) in [5.41, 5.74) is 2.76. The molecule has 2 N–H and O–H groups in total. The molecule has 2 nitrogen and oxygen atoms in total. The molecular formula is C25H44O2. The van der Waals surface area contributed by atoms with Gasteiger partial charge in [-0.05, 0) is 61.5 Å². The van der Waals surface area contributed by atoms with Gasteiger partial charge in [0.15, 0.2) is 0 Å². The summed E-state index contributed by atoms with van der Waals surface area (Å²) < 4.78 is 0. The van der Waals surface area contributed by atoms with Gasteiger partial charge in [0.05, 0.1) is 0 Å². The van der Waals surface area contributed by atoms with Gasteiger partial charge in [0, 0.05) is 11.1 Å². The van der Waals surface area contributed by atoms with Gasteiger partial charge in [-0.15, -0.1) is 0 Å². The van der Waals surface area contributed by atoms with Crippen molar-refractivity contribution in [3.63, 3.8) is 0 Å². The van der Waals surface area contributed by atoms with Crippen LogP contribution in [0.15, 0.2) is 12.1 Å². The van der Waals surface area contributed by atoms with Crippen molar-refractivity contribution in [2.45, 2.75) is 112 Å². The highest BCUT2D eigenvalue weighted by Gasteiger charge is 2.14. The summed E-state index contributed by atoms with van der Waals surface area (Å²) in [6.45, 7) is 13.7. The minimum absolute atomic E-state index is 0.353. The lowest BCUT2D eigenvalue weighted by Crippen LogP contribution is -2.04. The molecule has 0 aliphatic heterocycles. The number of benzene rings is 1. The molecule has 2 heteroatoms. The molecule has 0 fully saturated rings. The summed E-state index contributed by atoms with van der Waals surface area (Å²) in [7, 11) is 0. The van der Waals surface area contributed by atoms with E-state index < -0.39 is 0 Å². The lowest BCUT2D eigenvalue weighted by Gasteiger charge is -2.18. The molecule has 1 aromatic rings. The van der Waals surface area contributed by atoms with Crippen molar-refractivity contribution in [1.82, 2.24) is 0 Å². The van der Waals surface area contributed by atoms with Crippen molar-refractivity contribution >= 4 is 0 Å². The summed E-state index contributed by atoms with van der Waals surface area (Å²) in [4.78, 5) is 0. The molecule has 1 rings (SSSR count). The molecule has 0 saturated heterocycles. The highest BCUT2D eigenvalue weighted by molar-refractivity contribution is 5.47. The van der Waals surface area contributed by atoms with Crippen LogP contribution in [0.3, 0.4) is 0 Å². The summed E-state index contributed by atoms with van der Waals surface area (Å²) in [5.74, 6) is 0.707. The first-order valence-corrected chi connectivity index (χ1v) is 11.0. The van der Waals surface area contributed by atoms with Gasteiger partial charge in [0.1, 0.15) is 11.5 Å². The standard InChI is InChI=1S/C25H44O2/c1-24(2,3)18-12-8-7-10-14-20-21(23(27)17-16-22(20)26)15-11-9-13-19-25(4,5)6/h16-17,26-27H,7-15,18-19H2,1-6H3. The maximum atomic E-state index is 10.3. The van der Waals surface area contributed by atoms with Gasteiger partial charge in [-0.3, -0.25) is 0 Å². The van der Waals surface area contributed by atoms with Crippen LogP contribution >= 0.6 is 0 Å². The predicted molar refractivity (Wildman–Crippen MR) is 118 cm³/mol. The molecule has 0 radical (unpaired) electrons. The van der Waals surface area contributed by atoms with Gasteiger partial charge >= 0.3 is 0 Å². The van der Waals surface area contributed by atoms with E-state index in [2.05, 4.69) is 41.5 Å². The van der Waals surface area contributed by atoms with Gasteiger partial charge in [-0.25, -0.2) is 0 Å². The summed E-state index contributed by atoms with van der Waals surface area (Å²) >= 11 is 0. The number of aromatic hydroxyl groups is 2. The number of hydrogen-bond donors (Lipinski definition) is 2. The Morgan fingerprint density at radius 2 is 0.889 bits per heavy atom. The monoisotopic (exact) mass is 376 g/mol. The van der Waals surface area contributed by atoms with Crippen molar-refractivity contribution in [2.24, 2.45) is 10.8 Å². The number of phenols is 2. The zero-order chi connectivity index (χ0) is 20.5. The lowest BCUT2D eigenvalue weighted by atomic mass is 9.88. The van der Waals surface area contributed by atoms with E-state index in [1.807, 2.05) is 0 Å². The Bertz CT molecular complexity index is 547. The molecule has 0 spiro atoms. The molecule has 0 saturated carbocycles. The molecule has 1 aromatic carbocycles. The second-order valence-electron chi connectivity index (χ2n) is 10.7. The van der Waals surface area contributed by atoms with Crippen molar-refractivity contribution in [3.8, 4) is 11.5 Å². The number of unbranched alkanes of at least 4 members (excludes halogenated alkanes) is 5. The fraction of sp³-hybridized carbons (Fsp3) is 0.760. The van der Waals surface area contributed by atoms with Crippen LogP contribution in [0.25, 0.3) is 0 Å². The van der Waals surface area contributed by atoms with Crippen LogP contribution in [0.1, 0.15) is 110 Å². The van der Waals surface area contributed by atoms with Gasteiger partial charge in [0.2, 0.25) is 0 Å². The van der Waals surface area contributed by atoms with Crippen molar-refractivity contribution in [1.29, 1.82) is 0 Å². The second kappa shape index (κ2) is 11.0. The van der Waals surface area contributed by atoms with E-state index in [9.17, 15) is 10.2 Å². The SMILES string of the molecule is CC(C)(C)CCCCCCc1c(O)ccc(O)c1CCCCCC(C)(C)C. The van der Waals surface area contributed by atoms with E-state index in [1.165, 1.54) is 44.9 Å². The van der Waals surface area contributed by atoms with Gasteiger partial charge < -0.3 is 10.2 Å². The summed E-state index contributed by atoms with van der Waals surface area (Å²) in [5, 5.41) is 20.6. The van der Waals surface area contributed by atoms with Crippen molar-refractivity contribution in [3.05, 3.63) is 23.3 Å². The average Bonchev–Trinajstić information content (AvgIpc) is 2.53. The largest absolute Gasteiger partial charge is 0.508 e. The smallest absolute Gasteiger partial charge is 0.119 e. The van der Waals surface area contributed by atoms with E-state index in [-0.39, 0.29) is 0 Å². The minimum atomic E-state index is 0.353. The van der Waals surface area contributed by atoms with Crippen LogP contribution in [0.5, 0.6) is 11.5 Å².